The highest BCUT2D eigenvalue weighted by Crippen LogP contribution is 2.62. The molecule has 4 aliphatic rings. The number of rotatable bonds is 1. The zero-order chi connectivity index (χ0) is 15.5. The minimum Gasteiger partial charge on any atom is -0.393 e. The van der Waals surface area contributed by atoms with Gasteiger partial charge in [0.25, 0.3) is 0 Å². The minimum atomic E-state index is -0.0784. The highest BCUT2D eigenvalue weighted by atomic mass is 16.3. The Morgan fingerprint density at radius 3 is 2.82 bits per heavy atom. The predicted octanol–water partition coefficient (Wildman–Crippen LogP) is 4.13. The molecule has 0 aromatic rings. The van der Waals surface area contributed by atoms with Crippen LogP contribution < -0.4 is 0 Å². The Hall–Kier alpha value is -0.630. The van der Waals surface area contributed by atoms with Gasteiger partial charge in [0, 0.05) is 6.42 Å². The first-order valence-corrected chi connectivity index (χ1v) is 9.46. The van der Waals surface area contributed by atoms with Gasteiger partial charge in [0.05, 0.1) is 6.10 Å². The lowest BCUT2D eigenvalue weighted by molar-refractivity contribution is -0.118. The second kappa shape index (κ2) is 5.19. The molecule has 0 radical (unpaired) electrons. The third-order valence-electron chi connectivity index (χ3n) is 7.94. The fourth-order valence-electron chi connectivity index (χ4n) is 6.80. The number of hydrogen-bond acceptors (Lipinski definition) is 2. The molecule has 0 aliphatic heterocycles. The summed E-state index contributed by atoms with van der Waals surface area (Å²) in [5.74, 6) is 3.91. The fraction of sp³-hybridized carbons (Fsp3) is 0.850. The van der Waals surface area contributed by atoms with E-state index >= 15 is 0 Å². The summed E-state index contributed by atoms with van der Waals surface area (Å²) in [6, 6.07) is 0. The van der Waals surface area contributed by atoms with Crippen LogP contribution in [0.1, 0.15) is 65.2 Å². The highest BCUT2D eigenvalue weighted by Gasteiger charge is 2.56. The summed E-state index contributed by atoms with van der Waals surface area (Å²) in [6.45, 7) is 4.61. The molecule has 4 rings (SSSR count). The van der Waals surface area contributed by atoms with E-state index in [2.05, 4.69) is 13.8 Å². The van der Waals surface area contributed by atoms with Crippen LogP contribution in [0.2, 0.25) is 0 Å². The largest absolute Gasteiger partial charge is 0.393 e. The van der Waals surface area contributed by atoms with E-state index in [0.29, 0.717) is 17.6 Å². The summed E-state index contributed by atoms with van der Waals surface area (Å²) in [5.41, 5.74) is 1.65. The van der Waals surface area contributed by atoms with E-state index in [-0.39, 0.29) is 11.5 Å². The van der Waals surface area contributed by atoms with Gasteiger partial charge in [-0.25, -0.2) is 0 Å². The van der Waals surface area contributed by atoms with Gasteiger partial charge in [-0.15, -0.1) is 0 Å². The standard InChI is InChI=1S/C20H30O2/c1-3-12-10-14(21)11-13-4-5-15-16(19(12)13)8-9-20(2)17(15)6-7-18(20)22/h11-12,15-19,22H,3-10H2,1-2H3/t12-,15-,16+,17+,18+,19+,20+/m1/s1. The second-order valence-corrected chi connectivity index (χ2v) is 8.69. The number of fused-ring (bicyclic) bond motifs is 5. The van der Waals surface area contributed by atoms with Crippen LogP contribution in [0.25, 0.3) is 0 Å². The molecule has 122 valence electrons. The highest BCUT2D eigenvalue weighted by molar-refractivity contribution is 5.91. The van der Waals surface area contributed by atoms with Crippen LogP contribution >= 0.6 is 0 Å². The molecular weight excluding hydrogens is 272 g/mol. The molecule has 7 atom stereocenters. The maximum atomic E-state index is 12.0. The van der Waals surface area contributed by atoms with E-state index in [0.717, 1.165) is 43.4 Å². The molecule has 2 heteroatoms. The Kier molecular flexibility index (Phi) is 3.52. The SMILES string of the molecule is CC[C@@H]1CC(=O)C=C2CC[C@@H]3[C@H](CC[C@]4(C)[C@@H](O)CC[C@@H]34)[C@H]21. The van der Waals surface area contributed by atoms with E-state index in [9.17, 15) is 9.90 Å². The molecule has 0 aromatic heterocycles. The molecule has 0 unspecified atom stereocenters. The number of carbonyl (C=O) groups is 1. The number of ketones is 1. The Balaban J connectivity index is 1.66. The van der Waals surface area contributed by atoms with Crippen molar-refractivity contribution < 1.29 is 9.90 Å². The van der Waals surface area contributed by atoms with Gasteiger partial charge >= 0.3 is 0 Å². The maximum Gasteiger partial charge on any atom is 0.155 e. The van der Waals surface area contributed by atoms with Gasteiger partial charge < -0.3 is 5.11 Å². The Morgan fingerprint density at radius 1 is 1.23 bits per heavy atom. The first-order valence-electron chi connectivity index (χ1n) is 9.46. The van der Waals surface area contributed by atoms with Gasteiger partial charge in [0.15, 0.2) is 5.78 Å². The number of aliphatic hydroxyl groups is 1. The molecule has 0 aromatic carbocycles. The van der Waals surface area contributed by atoms with Crippen molar-refractivity contribution in [2.75, 3.05) is 0 Å². The average Bonchev–Trinajstić information content (AvgIpc) is 2.81. The van der Waals surface area contributed by atoms with Crippen molar-refractivity contribution in [2.45, 2.75) is 71.3 Å². The van der Waals surface area contributed by atoms with Gasteiger partial charge in [-0.1, -0.05) is 25.8 Å². The van der Waals surface area contributed by atoms with Gasteiger partial charge in [0.1, 0.15) is 0 Å². The van der Waals surface area contributed by atoms with E-state index in [1.807, 2.05) is 6.08 Å². The average molecular weight is 302 g/mol. The maximum absolute atomic E-state index is 12.0. The Labute approximate surface area is 134 Å². The van der Waals surface area contributed by atoms with Crippen molar-refractivity contribution >= 4 is 5.78 Å². The summed E-state index contributed by atoms with van der Waals surface area (Å²) in [4.78, 5) is 12.0. The van der Waals surface area contributed by atoms with Crippen LogP contribution in [0.15, 0.2) is 11.6 Å². The third-order valence-corrected chi connectivity index (χ3v) is 7.94. The minimum absolute atomic E-state index is 0.0784. The zero-order valence-electron chi connectivity index (χ0n) is 14.1. The summed E-state index contributed by atoms with van der Waals surface area (Å²) >= 11 is 0. The lowest BCUT2D eigenvalue weighted by atomic mass is 9.50. The molecule has 22 heavy (non-hydrogen) atoms. The molecule has 0 spiro atoms. The molecule has 0 heterocycles. The fourth-order valence-corrected chi connectivity index (χ4v) is 6.80. The van der Waals surface area contributed by atoms with Crippen LogP contribution in [0.3, 0.4) is 0 Å². The van der Waals surface area contributed by atoms with E-state index in [1.54, 1.807) is 0 Å². The summed E-state index contributed by atoms with van der Waals surface area (Å²) < 4.78 is 0. The van der Waals surface area contributed by atoms with Gasteiger partial charge in [-0.2, -0.15) is 0 Å². The molecule has 0 saturated heterocycles. The quantitative estimate of drug-likeness (QED) is 0.791. The molecule has 3 fully saturated rings. The van der Waals surface area contributed by atoms with E-state index < -0.39 is 0 Å². The van der Waals surface area contributed by atoms with Crippen LogP contribution in [0.4, 0.5) is 0 Å². The molecular formula is C20H30O2. The molecule has 0 amide bonds. The van der Waals surface area contributed by atoms with Gasteiger partial charge in [0.2, 0.25) is 0 Å². The third kappa shape index (κ3) is 1.99. The topological polar surface area (TPSA) is 37.3 Å². The van der Waals surface area contributed by atoms with Crippen molar-refractivity contribution in [3.05, 3.63) is 11.6 Å². The summed E-state index contributed by atoms with van der Waals surface area (Å²) in [7, 11) is 0. The Morgan fingerprint density at radius 2 is 2.05 bits per heavy atom. The van der Waals surface area contributed by atoms with Gasteiger partial charge in [-0.3, -0.25) is 4.79 Å². The lowest BCUT2D eigenvalue weighted by Gasteiger charge is -2.54. The van der Waals surface area contributed by atoms with Crippen molar-refractivity contribution in [3.8, 4) is 0 Å². The smallest absolute Gasteiger partial charge is 0.155 e. The van der Waals surface area contributed by atoms with Crippen molar-refractivity contribution in [1.29, 1.82) is 0 Å². The van der Waals surface area contributed by atoms with Crippen molar-refractivity contribution in [1.82, 2.24) is 0 Å². The predicted molar refractivity (Wildman–Crippen MR) is 87.3 cm³/mol. The van der Waals surface area contributed by atoms with Crippen LogP contribution in [0.5, 0.6) is 0 Å². The van der Waals surface area contributed by atoms with Gasteiger partial charge in [-0.05, 0) is 79.6 Å². The number of aliphatic hydroxyl groups excluding tert-OH is 1. The van der Waals surface area contributed by atoms with Crippen LogP contribution in [-0.4, -0.2) is 17.0 Å². The van der Waals surface area contributed by atoms with E-state index in [4.69, 9.17) is 0 Å². The number of carbonyl (C=O) groups excluding carboxylic acids is 1. The van der Waals surface area contributed by atoms with Crippen LogP contribution in [-0.2, 0) is 4.79 Å². The van der Waals surface area contributed by atoms with Crippen LogP contribution in [0, 0.1) is 35.0 Å². The Bertz CT molecular complexity index is 508. The second-order valence-electron chi connectivity index (χ2n) is 8.69. The number of allylic oxidation sites excluding steroid dienone is 1. The zero-order valence-corrected chi connectivity index (χ0v) is 14.1. The lowest BCUT2D eigenvalue weighted by Crippen LogP contribution is -2.49. The summed E-state index contributed by atoms with van der Waals surface area (Å²) in [5, 5.41) is 10.5. The first kappa shape index (κ1) is 14.9. The molecule has 4 aliphatic carbocycles. The van der Waals surface area contributed by atoms with E-state index in [1.165, 1.54) is 31.3 Å². The molecule has 0 bridgehead atoms. The van der Waals surface area contributed by atoms with Crippen molar-refractivity contribution in [2.24, 2.45) is 35.0 Å². The summed E-state index contributed by atoms with van der Waals surface area (Å²) in [6.07, 6.45) is 10.9. The van der Waals surface area contributed by atoms with Crippen molar-refractivity contribution in [3.63, 3.8) is 0 Å². The monoisotopic (exact) mass is 302 g/mol. The molecule has 2 nitrogen and oxygen atoms in total. The first-order chi connectivity index (χ1) is 10.5. The number of hydrogen-bond donors (Lipinski definition) is 1. The molecule has 3 saturated carbocycles. The normalized spacial score (nSPS) is 50.9. The molecule has 1 N–H and O–H groups in total.